The lowest BCUT2D eigenvalue weighted by Crippen LogP contribution is -2.56. The van der Waals surface area contributed by atoms with E-state index in [0.29, 0.717) is 59.0 Å². The van der Waals surface area contributed by atoms with E-state index in [1.807, 2.05) is 6.92 Å². The number of Topliss-reactive ketones (excluding diaryl/α,β-unsaturated/α-hetero) is 1. The van der Waals surface area contributed by atoms with Crippen LogP contribution < -0.4 is 21.3 Å². The van der Waals surface area contributed by atoms with Crippen LogP contribution >= 0.6 is 11.3 Å². The molecule has 14 heteroatoms. The Morgan fingerprint density at radius 3 is 2.48 bits per heavy atom. The van der Waals surface area contributed by atoms with Crippen LogP contribution in [-0.2, 0) is 26.4 Å². The molecule has 258 valence electrons. The minimum atomic E-state index is -1.58. The van der Waals surface area contributed by atoms with Gasteiger partial charge in [0.1, 0.15) is 38.8 Å². The third-order valence-electron chi connectivity index (χ3n) is 8.59. The number of unbranched alkanes of at least 4 members (excludes halogenated alkanes) is 1. The number of hydrogen-bond donors (Lipinski definition) is 1. The molecule has 1 N–H and O–H groups in total. The predicted molar refractivity (Wildman–Crippen MR) is 180 cm³/mol. The monoisotopic (exact) mass is 682 g/mol. The Morgan fingerprint density at radius 2 is 1.83 bits per heavy atom. The number of benzene rings is 1. The fourth-order valence-electron chi connectivity index (χ4n) is 5.93. The van der Waals surface area contributed by atoms with Gasteiger partial charge in [0.2, 0.25) is 5.91 Å². The van der Waals surface area contributed by atoms with Gasteiger partial charge in [-0.1, -0.05) is 24.7 Å². The molecule has 4 aromatic rings. The molecule has 0 saturated heterocycles. The Hall–Kier alpha value is -4.17. The number of nitrogens with zero attached hydrogens (tertiary/aromatic N) is 5. The summed E-state index contributed by atoms with van der Waals surface area (Å²) in [5, 5.41) is 12.1. The molecule has 1 amide bonds. The summed E-state index contributed by atoms with van der Waals surface area (Å²) in [6.45, 7) is 10.7. The zero-order valence-corrected chi connectivity index (χ0v) is 29.1. The van der Waals surface area contributed by atoms with Crippen LogP contribution in [0.4, 0.5) is 4.39 Å². The van der Waals surface area contributed by atoms with Crippen molar-refractivity contribution in [1.29, 1.82) is 0 Å². The van der Waals surface area contributed by atoms with Crippen molar-refractivity contribution in [2.75, 3.05) is 6.61 Å². The maximum absolute atomic E-state index is 14.9. The number of amides is 1. The van der Waals surface area contributed by atoms with E-state index >= 15 is 0 Å². The highest BCUT2D eigenvalue weighted by Crippen LogP contribution is 2.36. The van der Waals surface area contributed by atoms with Crippen molar-refractivity contribution in [1.82, 2.24) is 29.4 Å². The van der Waals surface area contributed by atoms with Gasteiger partial charge in [-0.15, -0.1) is 4.80 Å². The van der Waals surface area contributed by atoms with Crippen LogP contribution in [-0.4, -0.2) is 54.6 Å². The van der Waals surface area contributed by atoms with E-state index in [2.05, 4.69) is 15.5 Å². The van der Waals surface area contributed by atoms with E-state index in [1.165, 1.54) is 47.7 Å². The summed E-state index contributed by atoms with van der Waals surface area (Å²) < 4.78 is 30.1. The Morgan fingerprint density at radius 1 is 1.15 bits per heavy atom. The second-order valence-corrected chi connectivity index (χ2v) is 14.0. The van der Waals surface area contributed by atoms with Gasteiger partial charge in [0.25, 0.3) is 5.56 Å². The number of rotatable bonds is 13. The summed E-state index contributed by atoms with van der Waals surface area (Å²) in [6, 6.07) is 3.97. The average Bonchev–Trinajstić information content (AvgIpc) is 3.68. The molecule has 0 unspecified atom stereocenters. The average molecular weight is 683 g/mol. The van der Waals surface area contributed by atoms with E-state index in [1.54, 1.807) is 26.8 Å². The zero-order chi connectivity index (χ0) is 34.7. The number of thiophene rings is 1. The van der Waals surface area contributed by atoms with Gasteiger partial charge in [-0.3, -0.25) is 19.0 Å². The first-order chi connectivity index (χ1) is 22.8. The molecule has 0 bridgehead atoms. The molecule has 0 spiro atoms. The fourth-order valence-corrected chi connectivity index (χ4v) is 7.15. The van der Waals surface area contributed by atoms with Crippen molar-refractivity contribution in [3.8, 4) is 10.8 Å². The van der Waals surface area contributed by atoms with Crippen LogP contribution in [0.5, 0.6) is 5.75 Å². The fraction of sp³-hybridized carbons (Fsp3) is 0.529. The van der Waals surface area contributed by atoms with Crippen molar-refractivity contribution in [3.63, 3.8) is 0 Å². The molecule has 1 aliphatic rings. The highest BCUT2D eigenvalue weighted by atomic mass is 32.1. The number of fused-ring (bicyclic) bond motifs is 1. The molecule has 1 saturated carbocycles. The smallest absolute Gasteiger partial charge is 0.333 e. The normalized spacial score (nSPS) is 15.0. The predicted octanol–water partition coefficient (Wildman–Crippen LogP) is 4.96. The quantitative estimate of drug-likeness (QED) is 0.195. The summed E-state index contributed by atoms with van der Waals surface area (Å²) in [6.07, 6.45) is 5.14. The Kier molecular flexibility index (Phi) is 10.6. The molecule has 0 aliphatic heterocycles. The van der Waals surface area contributed by atoms with Crippen molar-refractivity contribution in [2.24, 2.45) is 0 Å². The third-order valence-corrected chi connectivity index (χ3v) is 9.87. The van der Waals surface area contributed by atoms with Gasteiger partial charge in [-0.2, -0.15) is 10.2 Å². The summed E-state index contributed by atoms with van der Waals surface area (Å²) in [4.78, 5) is 56.2. The van der Waals surface area contributed by atoms with Crippen LogP contribution in [0.1, 0.15) is 90.4 Å². The Balaban J connectivity index is 1.74. The first kappa shape index (κ1) is 35.1. The maximum atomic E-state index is 14.9. The standard InChI is InChI=1S/C34H43FN6O6S/c1-7-8-17-46-26-14-9-22(35)18-25(26)27(47-24-12-10-23(42)11-13-24)19-39-31-28(21(4)30(48-31)41-36-15-16-37-41)29(43)40(33(39)45)34(5,6)32(44)38-20(2)3/h9,14-16,18,20,24,27H,7-8,10-13,17,19H2,1-6H3,(H,38,44)/t27-/m0/s1. The van der Waals surface area contributed by atoms with Crippen LogP contribution in [0.25, 0.3) is 15.2 Å². The lowest BCUT2D eigenvalue weighted by molar-refractivity contribution is -0.129. The van der Waals surface area contributed by atoms with Crippen LogP contribution in [0.2, 0.25) is 0 Å². The third kappa shape index (κ3) is 7.14. The van der Waals surface area contributed by atoms with Gasteiger partial charge in [0.15, 0.2) is 0 Å². The van der Waals surface area contributed by atoms with Gasteiger partial charge in [0, 0.05) is 30.0 Å². The molecule has 1 fully saturated rings. The maximum Gasteiger partial charge on any atom is 0.333 e. The highest BCUT2D eigenvalue weighted by Gasteiger charge is 2.37. The number of halogens is 1. The summed E-state index contributed by atoms with van der Waals surface area (Å²) in [5.41, 5.74) is -1.99. The summed E-state index contributed by atoms with van der Waals surface area (Å²) >= 11 is 1.16. The van der Waals surface area contributed by atoms with E-state index in [4.69, 9.17) is 9.47 Å². The first-order valence-corrected chi connectivity index (χ1v) is 17.2. The number of aromatic nitrogens is 5. The highest BCUT2D eigenvalue weighted by molar-refractivity contribution is 7.21. The number of ether oxygens (including phenoxy) is 2. The molecular weight excluding hydrogens is 639 g/mol. The molecular formula is C34H43FN6O6S. The number of carbonyl (C=O) groups is 2. The molecule has 1 aromatic carbocycles. The molecule has 3 aromatic heterocycles. The number of nitrogens with one attached hydrogen (secondary N) is 1. The molecule has 1 atom stereocenters. The van der Waals surface area contributed by atoms with Gasteiger partial charge < -0.3 is 14.8 Å². The SMILES string of the molecule is CCCCOc1ccc(F)cc1[C@H](Cn1c(=O)n(C(C)(C)C(=O)NC(C)C)c(=O)c2c(C)c(-n3nccn3)sc21)OC1CCC(=O)CC1. The summed E-state index contributed by atoms with van der Waals surface area (Å²) in [5.74, 6) is -0.435. The van der Waals surface area contributed by atoms with Gasteiger partial charge in [0.05, 0.1) is 37.0 Å². The second-order valence-electron chi connectivity index (χ2n) is 13.0. The largest absolute Gasteiger partial charge is 0.493 e. The first-order valence-electron chi connectivity index (χ1n) is 16.4. The van der Waals surface area contributed by atoms with E-state index < -0.39 is 34.6 Å². The number of aryl methyl sites for hydroxylation is 1. The molecule has 1 aliphatic carbocycles. The van der Waals surface area contributed by atoms with Crippen LogP contribution in [0, 0.1) is 12.7 Å². The van der Waals surface area contributed by atoms with Crippen molar-refractivity contribution >= 4 is 33.2 Å². The Labute approximate surface area is 281 Å². The van der Waals surface area contributed by atoms with Crippen molar-refractivity contribution in [2.45, 2.75) is 110 Å². The molecule has 5 rings (SSSR count). The van der Waals surface area contributed by atoms with Crippen molar-refractivity contribution in [3.05, 3.63) is 68.4 Å². The molecule has 12 nitrogen and oxygen atoms in total. The lowest BCUT2D eigenvalue weighted by Gasteiger charge is -2.30. The minimum Gasteiger partial charge on any atom is -0.493 e. The minimum absolute atomic E-state index is 0.137. The van der Waals surface area contributed by atoms with Gasteiger partial charge in [-0.25, -0.2) is 13.8 Å². The number of ketones is 1. The molecule has 0 radical (unpaired) electrons. The number of hydrogen-bond acceptors (Lipinski definition) is 9. The van der Waals surface area contributed by atoms with Crippen molar-refractivity contribution < 1.29 is 23.5 Å². The van der Waals surface area contributed by atoms with E-state index in [-0.39, 0.29) is 29.9 Å². The van der Waals surface area contributed by atoms with Crippen LogP contribution in [0.15, 0.2) is 40.2 Å². The van der Waals surface area contributed by atoms with E-state index in [9.17, 15) is 23.6 Å². The van der Waals surface area contributed by atoms with E-state index in [0.717, 1.165) is 28.7 Å². The zero-order valence-electron chi connectivity index (χ0n) is 28.2. The van der Waals surface area contributed by atoms with Crippen LogP contribution in [0.3, 0.4) is 0 Å². The second kappa shape index (κ2) is 14.5. The molecule has 3 heterocycles. The summed E-state index contributed by atoms with van der Waals surface area (Å²) in [7, 11) is 0. The van der Waals surface area contributed by atoms with Gasteiger partial charge in [-0.05, 0) is 72.1 Å². The topological polar surface area (TPSA) is 139 Å². The van der Waals surface area contributed by atoms with Gasteiger partial charge >= 0.3 is 5.69 Å². The lowest BCUT2D eigenvalue weighted by atomic mass is 9.96. The Bertz CT molecular complexity index is 1900. The number of carbonyl (C=O) groups excluding carboxylic acids is 2. The molecule has 48 heavy (non-hydrogen) atoms.